The lowest BCUT2D eigenvalue weighted by molar-refractivity contribution is -0.114. The first-order valence-electron chi connectivity index (χ1n) is 4.91. The van der Waals surface area contributed by atoms with Crippen molar-refractivity contribution in [3.63, 3.8) is 0 Å². The van der Waals surface area contributed by atoms with E-state index in [-0.39, 0.29) is 18.8 Å². The lowest BCUT2D eigenvalue weighted by atomic mass is 10.1. The van der Waals surface area contributed by atoms with Crippen LogP contribution in [0.15, 0.2) is 12.1 Å². The molecule has 0 saturated heterocycles. The van der Waals surface area contributed by atoms with E-state index in [1.165, 1.54) is 7.11 Å². The van der Waals surface area contributed by atoms with Crippen molar-refractivity contribution >= 4 is 17.4 Å². The summed E-state index contributed by atoms with van der Waals surface area (Å²) in [4.78, 5) is 24.0. The number of anilines is 1. The molecular weight excluding hydrogens is 232 g/mol. The average molecular weight is 241 g/mol. The Bertz CT molecular complexity index is 502. The highest BCUT2D eigenvalue weighted by Gasteiger charge is 2.40. The summed E-state index contributed by atoms with van der Waals surface area (Å²) in [5, 5.41) is 0. The Kier molecular flexibility index (Phi) is 2.89. The van der Waals surface area contributed by atoms with Gasteiger partial charge in [0.2, 0.25) is 0 Å². The highest BCUT2D eigenvalue weighted by atomic mass is 19.1. The molecule has 0 N–H and O–H groups in total. The van der Waals surface area contributed by atoms with Crippen molar-refractivity contribution in [2.45, 2.75) is 0 Å². The van der Waals surface area contributed by atoms with Gasteiger partial charge in [-0.05, 0) is 12.1 Å². The fourth-order valence-corrected chi connectivity index (χ4v) is 1.75. The molecule has 0 saturated carbocycles. The minimum Gasteiger partial charge on any atom is -0.383 e. The Hall–Kier alpha value is -1.82. The Labute approximate surface area is 95.8 Å². The van der Waals surface area contributed by atoms with Crippen LogP contribution in [0.5, 0.6) is 0 Å². The van der Waals surface area contributed by atoms with Crippen molar-refractivity contribution < 1.29 is 23.1 Å². The molecule has 0 radical (unpaired) electrons. The second kappa shape index (κ2) is 4.21. The van der Waals surface area contributed by atoms with Gasteiger partial charge in [-0.2, -0.15) is 0 Å². The predicted molar refractivity (Wildman–Crippen MR) is 54.9 cm³/mol. The maximum absolute atomic E-state index is 13.5. The highest BCUT2D eigenvalue weighted by molar-refractivity contribution is 6.52. The third kappa shape index (κ3) is 1.70. The monoisotopic (exact) mass is 241 g/mol. The summed E-state index contributed by atoms with van der Waals surface area (Å²) in [5.41, 5.74) is -0.789. The number of methoxy groups -OCH3 is 1. The summed E-state index contributed by atoms with van der Waals surface area (Å²) in [7, 11) is 1.41. The quantitative estimate of drug-likeness (QED) is 0.745. The van der Waals surface area contributed by atoms with Crippen molar-refractivity contribution in [2.75, 3.05) is 25.2 Å². The van der Waals surface area contributed by atoms with Gasteiger partial charge < -0.3 is 4.74 Å². The number of ketones is 1. The first-order valence-corrected chi connectivity index (χ1v) is 4.91. The van der Waals surface area contributed by atoms with Gasteiger partial charge >= 0.3 is 0 Å². The Morgan fingerprint density at radius 3 is 2.53 bits per heavy atom. The molecule has 0 aromatic heterocycles. The van der Waals surface area contributed by atoms with E-state index >= 15 is 0 Å². The Morgan fingerprint density at radius 1 is 1.24 bits per heavy atom. The highest BCUT2D eigenvalue weighted by Crippen LogP contribution is 2.33. The molecule has 1 amide bonds. The minimum absolute atomic E-state index is 0.00838. The van der Waals surface area contributed by atoms with Crippen LogP contribution in [0.3, 0.4) is 0 Å². The van der Waals surface area contributed by atoms with Crippen molar-refractivity contribution in [3.8, 4) is 0 Å². The molecule has 1 aliphatic heterocycles. The SMILES string of the molecule is COCCN1C(=O)C(=O)c2c(F)ccc(F)c21. The maximum atomic E-state index is 13.5. The molecule has 17 heavy (non-hydrogen) atoms. The summed E-state index contributed by atoms with van der Waals surface area (Å²) in [6, 6.07) is 1.72. The Morgan fingerprint density at radius 2 is 1.88 bits per heavy atom. The summed E-state index contributed by atoms with van der Waals surface area (Å²) in [6.45, 7) is 0.142. The first-order chi connectivity index (χ1) is 8.07. The van der Waals surface area contributed by atoms with Crippen LogP contribution in [-0.4, -0.2) is 32.0 Å². The zero-order valence-electron chi connectivity index (χ0n) is 9.00. The van der Waals surface area contributed by atoms with Gasteiger partial charge in [-0.3, -0.25) is 14.5 Å². The number of fused-ring (bicyclic) bond motifs is 1. The van der Waals surface area contributed by atoms with Gasteiger partial charge in [-0.25, -0.2) is 8.78 Å². The third-order valence-corrected chi connectivity index (χ3v) is 2.53. The lowest BCUT2D eigenvalue weighted by Gasteiger charge is -2.16. The van der Waals surface area contributed by atoms with Gasteiger partial charge in [-0.15, -0.1) is 0 Å². The molecule has 1 aliphatic rings. The Balaban J connectivity index is 2.52. The average Bonchev–Trinajstić information content (AvgIpc) is 2.56. The molecule has 0 bridgehead atoms. The van der Waals surface area contributed by atoms with Gasteiger partial charge in [0, 0.05) is 13.7 Å². The lowest BCUT2D eigenvalue weighted by Crippen LogP contribution is -2.33. The minimum atomic E-state index is -1.02. The molecule has 2 rings (SSSR count). The van der Waals surface area contributed by atoms with Gasteiger partial charge in [-0.1, -0.05) is 0 Å². The van der Waals surface area contributed by atoms with E-state index in [4.69, 9.17) is 4.74 Å². The molecule has 1 aromatic carbocycles. The molecule has 0 atom stereocenters. The van der Waals surface area contributed by atoms with E-state index < -0.39 is 28.9 Å². The standard InChI is InChI=1S/C11H9F2NO3/c1-17-5-4-14-9-7(13)3-2-6(12)8(9)10(15)11(14)16/h2-3H,4-5H2,1H3. The predicted octanol–water partition coefficient (Wildman–Crippen LogP) is 1.14. The van der Waals surface area contributed by atoms with E-state index in [1.807, 2.05) is 0 Å². The van der Waals surface area contributed by atoms with E-state index in [2.05, 4.69) is 0 Å². The number of ether oxygens (including phenoxy) is 1. The largest absolute Gasteiger partial charge is 0.383 e. The van der Waals surface area contributed by atoms with Gasteiger partial charge in [0.1, 0.15) is 11.6 Å². The molecule has 1 aromatic rings. The second-order valence-corrected chi connectivity index (χ2v) is 3.53. The summed E-state index contributed by atoms with van der Waals surface area (Å²) in [6.07, 6.45) is 0. The van der Waals surface area contributed by atoms with Crippen LogP contribution in [0.2, 0.25) is 0 Å². The molecule has 0 unspecified atom stereocenters. The van der Waals surface area contributed by atoms with Crippen LogP contribution < -0.4 is 4.90 Å². The summed E-state index contributed by atoms with van der Waals surface area (Å²) >= 11 is 0. The fraction of sp³-hybridized carbons (Fsp3) is 0.273. The molecule has 0 fully saturated rings. The number of hydrogen-bond donors (Lipinski definition) is 0. The molecule has 0 spiro atoms. The van der Waals surface area contributed by atoms with Crippen LogP contribution in [0.4, 0.5) is 14.5 Å². The number of carbonyl (C=O) groups is 2. The van der Waals surface area contributed by atoms with Crippen molar-refractivity contribution in [2.24, 2.45) is 0 Å². The number of carbonyl (C=O) groups excluding carboxylic acids is 2. The second-order valence-electron chi connectivity index (χ2n) is 3.53. The molecule has 90 valence electrons. The van der Waals surface area contributed by atoms with Crippen LogP contribution in [0, 0.1) is 11.6 Å². The van der Waals surface area contributed by atoms with Gasteiger partial charge in [0.25, 0.3) is 11.7 Å². The fourth-order valence-electron chi connectivity index (χ4n) is 1.75. The first kappa shape index (κ1) is 11.7. The summed E-state index contributed by atoms with van der Waals surface area (Å²) < 4.78 is 31.7. The number of Topliss-reactive ketones (excluding diaryl/α,β-unsaturated/α-hetero) is 1. The van der Waals surface area contributed by atoms with Crippen LogP contribution in [0.1, 0.15) is 10.4 Å². The van der Waals surface area contributed by atoms with Crippen LogP contribution in [-0.2, 0) is 9.53 Å². The van der Waals surface area contributed by atoms with Crippen molar-refractivity contribution in [1.29, 1.82) is 0 Å². The van der Waals surface area contributed by atoms with Crippen LogP contribution in [0.25, 0.3) is 0 Å². The number of amides is 1. The van der Waals surface area contributed by atoms with Gasteiger partial charge in [0.05, 0.1) is 17.9 Å². The zero-order valence-corrected chi connectivity index (χ0v) is 9.00. The maximum Gasteiger partial charge on any atom is 0.299 e. The molecule has 4 nitrogen and oxygen atoms in total. The molecule has 0 aliphatic carbocycles. The normalized spacial score (nSPS) is 14.4. The zero-order chi connectivity index (χ0) is 12.6. The number of halogens is 2. The molecule has 1 heterocycles. The van der Waals surface area contributed by atoms with Crippen molar-refractivity contribution in [3.05, 3.63) is 29.3 Å². The van der Waals surface area contributed by atoms with E-state index in [0.717, 1.165) is 17.0 Å². The van der Waals surface area contributed by atoms with E-state index in [9.17, 15) is 18.4 Å². The van der Waals surface area contributed by atoms with Crippen LogP contribution >= 0.6 is 0 Å². The molecule has 6 heteroatoms. The smallest absolute Gasteiger partial charge is 0.299 e. The van der Waals surface area contributed by atoms with E-state index in [0.29, 0.717) is 0 Å². The van der Waals surface area contributed by atoms with E-state index in [1.54, 1.807) is 0 Å². The van der Waals surface area contributed by atoms with Gasteiger partial charge in [0.15, 0.2) is 0 Å². The topological polar surface area (TPSA) is 46.6 Å². The number of benzene rings is 1. The number of nitrogens with zero attached hydrogens (tertiary/aromatic N) is 1. The molecular formula is C11H9F2NO3. The summed E-state index contributed by atoms with van der Waals surface area (Å²) in [5.74, 6) is -3.63. The number of rotatable bonds is 3. The third-order valence-electron chi connectivity index (χ3n) is 2.53. The number of hydrogen-bond acceptors (Lipinski definition) is 3. The van der Waals surface area contributed by atoms with Crippen molar-refractivity contribution in [1.82, 2.24) is 0 Å².